The first-order valence-electron chi connectivity index (χ1n) is 9.97. The Labute approximate surface area is 168 Å². The van der Waals surface area contributed by atoms with Gasteiger partial charge in [-0.2, -0.15) is 5.10 Å². The highest BCUT2D eigenvalue weighted by Crippen LogP contribution is 2.25. The van der Waals surface area contributed by atoms with Crippen LogP contribution in [0.5, 0.6) is 0 Å². The summed E-state index contributed by atoms with van der Waals surface area (Å²) in [6.45, 7) is 2.16. The van der Waals surface area contributed by atoms with E-state index >= 15 is 0 Å². The molecule has 2 aromatic heterocycles. The molecule has 0 saturated heterocycles. The fourth-order valence-corrected chi connectivity index (χ4v) is 3.92. The summed E-state index contributed by atoms with van der Waals surface area (Å²) in [5, 5.41) is 5.49. The van der Waals surface area contributed by atoms with E-state index in [1.165, 1.54) is 0 Å². The minimum atomic E-state index is -0.0177. The van der Waals surface area contributed by atoms with Crippen molar-refractivity contribution >= 4 is 28.3 Å². The molecule has 5 nitrogen and oxygen atoms in total. The first kappa shape index (κ1) is 17.6. The SMILES string of the molecule is CCC1CC=C(c2ccc3c(=O)n(C)c4cc(-c5ccccc5)nn4c3c2)C=N1. The number of nitrogens with zero attached hydrogens (tertiary/aromatic N) is 4. The van der Waals surface area contributed by atoms with Crippen LogP contribution in [0.15, 0.2) is 70.5 Å². The summed E-state index contributed by atoms with van der Waals surface area (Å²) in [7, 11) is 1.79. The van der Waals surface area contributed by atoms with Gasteiger partial charge < -0.3 is 0 Å². The summed E-state index contributed by atoms with van der Waals surface area (Å²) >= 11 is 0. The Morgan fingerprint density at radius 1 is 1.07 bits per heavy atom. The van der Waals surface area contributed by atoms with E-state index in [0.717, 1.165) is 46.4 Å². The van der Waals surface area contributed by atoms with Crippen LogP contribution in [0.25, 0.3) is 33.4 Å². The molecule has 0 radical (unpaired) electrons. The van der Waals surface area contributed by atoms with E-state index in [0.29, 0.717) is 11.4 Å². The molecule has 1 aliphatic heterocycles. The van der Waals surface area contributed by atoms with Gasteiger partial charge in [0.05, 0.1) is 22.6 Å². The highest BCUT2D eigenvalue weighted by atomic mass is 16.1. The van der Waals surface area contributed by atoms with Crippen molar-refractivity contribution in [2.75, 3.05) is 0 Å². The number of aryl methyl sites for hydroxylation is 1. The summed E-state index contributed by atoms with van der Waals surface area (Å²) in [6, 6.07) is 18.3. The quantitative estimate of drug-likeness (QED) is 0.524. The van der Waals surface area contributed by atoms with E-state index < -0.39 is 0 Å². The van der Waals surface area contributed by atoms with Crippen molar-refractivity contribution in [3.8, 4) is 11.3 Å². The molecule has 0 saturated carbocycles. The van der Waals surface area contributed by atoms with Crippen LogP contribution in [0, 0.1) is 0 Å². The number of dihydropyridines is 1. The third kappa shape index (κ3) is 2.90. The Hall–Kier alpha value is -3.47. The average molecular weight is 382 g/mol. The molecule has 0 amide bonds. The number of aromatic nitrogens is 3. The van der Waals surface area contributed by atoms with Gasteiger partial charge in [0, 0.05) is 24.9 Å². The summed E-state index contributed by atoms with van der Waals surface area (Å²) in [5.41, 5.74) is 5.60. The highest BCUT2D eigenvalue weighted by molar-refractivity contribution is 6.11. The molecule has 4 aromatic rings. The van der Waals surface area contributed by atoms with Crippen LogP contribution in [0.1, 0.15) is 25.3 Å². The van der Waals surface area contributed by atoms with Crippen LogP contribution in [-0.2, 0) is 7.05 Å². The Kier molecular flexibility index (Phi) is 4.16. The molecule has 5 rings (SSSR count). The molecule has 0 bridgehead atoms. The maximum atomic E-state index is 12.9. The Bertz CT molecular complexity index is 1340. The van der Waals surface area contributed by atoms with Crippen molar-refractivity contribution in [3.63, 3.8) is 0 Å². The van der Waals surface area contributed by atoms with Gasteiger partial charge in [0.1, 0.15) is 5.65 Å². The van der Waals surface area contributed by atoms with Crippen LogP contribution < -0.4 is 5.56 Å². The van der Waals surface area contributed by atoms with Gasteiger partial charge in [0.2, 0.25) is 0 Å². The third-order valence-corrected chi connectivity index (χ3v) is 5.70. The molecule has 0 aliphatic carbocycles. The average Bonchev–Trinajstić information content (AvgIpc) is 3.24. The van der Waals surface area contributed by atoms with Gasteiger partial charge in [-0.15, -0.1) is 0 Å². The number of hydrogen-bond donors (Lipinski definition) is 0. The van der Waals surface area contributed by atoms with Crippen LogP contribution in [0.2, 0.25) is 0 Å². The minimum Gasteiger partial charge on any atom is -0.296 e. The van der Waals surface area contributed by atoms with Gasteiger partial charge in [-0.3, -0.25) is 14.4 Å². The Morgan fingerprint density at radius 2 is 1.90 bits per heavy atom. The lowest BCUT2D eigenvalue weighted by Gasteiger charge is -2.14. The second-order valence-electron chi connectivity index (χ2n) is 7.50. The van der Waals surface area contributed by atoms with Crippen LogP contribution in [0.3, 0.4) is 0 Å². The predicted molar refractivity (Wildman–Crippen MR) is 119 cm³/mol. The number of benzene rings is 2. The summed E-state index contributed by atoms with van der Waals surface area (Å²) in [6.07, 6.45) is 6.19. The Balaban J connectivity index is 1.72. The lowest BCUT2D eigenvalue weighted by Crippen LogP contribution is -2.19. The predicted octanol–water partition coefficient (Wildman–Crippen LogP) is 4.49. The number of allylic oxidation sites excluding steroid dienone is 1. The molecular weight excluding hydrogens is 360 g/mol. The fraction of sp³-hybridized carbons (Fsp3) is 0.208. The smallest absolute Gasteiger partial charge is 0.261 e. The van der Waals surface area contributed by atoms with Crippen molar-refractivity contribution in [1.82, 2.24) is 14.2 Å². The lowest BCUT2D eigenvalue weighted by molar-refractivity contribution is 0.662. The van der Waals surface area contributed by atoms with Gasteiger partial charge in [0.15, 0.2) is 0 Å². The lowest BCUT2D eigenvalue weighted by atomic mass is 9.99. The van der Waals surface area contributed by atoms with Crippen molar-refractivity contribution in [2.45, 2.75) is 25.8 Å². The van der Waals surface area contributed by atoms with Crippen molar-refractivity contribution in [2.24, 2.45) is 12.0 Å². The number of rotatable bonds is 3. The summed E-state index contributed by atoms with van der Waals surface area (Å²) in [5.74, 6) is 0. The topological polar surface area (TPSA) is 51.7 Å². The standard InChI is InChI=1S/C24H22N4O/c1-3-19-11-9-18(15-25-19)17-10-12-20-22(13-17)28-23(27(2)24(20)29)14-21(26-28)16-7-5-4-6-8-16/h4-10,12-15,19H,3,11H2,1-2H3. The van der Waals surface area contributed by atoms with Crippen molar-refractivity contribution in [3.05, 3.63) is 76.6 Å². The maximum Gasteiger partial charge on any atom is 0.261 e. The highest BCUT2D eigenvalue weighted by Gasteiger charge is 2.15. The van der Waals surface area contributed by atoms with Gasteiger partial charge in [-0.05, 0) is 36.1 Å². The molecule has 1 atom stereocenters. The largest absolute Gasteiger partial charge is 0.296 e. The molecule has 1 aliphatic rings. The second kappa shape index (κ2) is 6.85. The van der Waals surface area contributed by atoms with Gasteiger partial charge in [-0.1, -0.05) is 49.4 Å². The second-order valence-corrected chi connectivity index (χ2v) is 7.50. The van der Waals surface area contributed by atoms with Gasteiger partial charge in [-0.25, -0.2) is 4.52 Å². The molecule has 2 aromatic carbocycles. The number of aliphatic imine (C=N–C) groups is 1. The molecule has 144 valence electrons. The van der Waals surface area contributed by atoms with E-state index in [2.05, 4.69) is 24.1 Å². The Morgan fingerprint density at radius 3 is 2.62 bits per heavy atom. The third-order valence-electron chi connectivity index (χ3n) is 5.70. The normalized spacial score (nSPS) is 16.5. The minimum absolute atomic E-state index is 0.0177. The zero-order chi connectivity index (χ0) is 20.0. The zero-order valence-corrected chi connectivity index (χ0v) is 16.5. The van der Waals surface area contributed by atoms with Gasteiger partial charge in [0.25, 0.3) is 5.56 Å². The van der Waals surface area contributed by atoms with Crippen LogP contribution in [0.4, 0.5) is 0 Å². The van der Waals surface area contributed by atoms with E-state index in [1.54, 1.807) is 11.6 Å². The molecule has 29 heavy (non-hydrogen) atoms. The number of hydrogen-bond acceptors (Lipinski definition) is 3. The van der Waals surface area contributed by atoms with E-state index in [4.69, 9.17) is 5.10 Å². The van der Waals surface area contributed by atoms with Gasteiger partial charge >= 0.3 is 0 Å². The first-order valence-corrected chi connectivity index (χ1v) is 9.97. The molecule has 0 fully saturated rings. The van der Waals surface area contributed by atoms with Crippen molar-refractivity contribution < 1.29 is 0 Å². The van der Waals surface area contributed by atoms with Crippen LogP contribution in [-0.4, -0.2) is 26.4 Å². The molecule has 1 unspecified atom stereocenters. The van der Waals surface area contributed by atoms with E-state index in [9.17, 15) is 4.79 Å². The monoisotopic (exact) mass is 382 g/mol. The van der Waals surface area contributed by atoms with E-state index in [1.807, 2.05) is 59.3 Å². The summed E-state index contributed by atoms with van der Waals surface area (Å²) < 4.78 is 3.53. The first-order chi connectivity index (χ1) is 14.2. The summed E-state index contributed by atoms with van der Waals surface area (Å²) in [4.78, 5) is 17.6. The maximum absolute atomic E-state index is 12.9. The molecule has 0 spiro atoms. The zero-order valence-electron chi connectivity index (χ0n) is 16.5. The number of fused-ring (bicyclic) bond motifs is 3. The molecule has 3 heterocycles. The van der Waals surface area contributed by atoms with Crippen molar-refractivity contribution in [1.29, 1.82) is 0 Å². The van der Waals surface area contributed by atoms with Crippen LogP contribution >= 0.6 is 0 Å². The molecule has 0 N–H and O–H groups in total. The van der Waals surface area contributed by atoms with E-state index in [-0.39, 0.29) is 5.56 Å². The molecular formula is C24H22N4O. The molecule has 5 heteroatoms. The fourth-order valence-electron chi connectivity index (χ4n) is 3.92.